The third kappa shape index (κ3) is 4.58. The number of carbonyl (C=O) groups is 2. The van der Waals surface area contributed by atoms with E-state index in [1.54, 1.807) is 7.11 Å². The lowest BCUT2D eigenvalue weighted by Crippen LogP contribution is -2.46. The second-order valence-electron chi connectivity index (χ2n) is 8.68. The van der Waals surface area contributed by atoms with Crippen molar-refractivity contribution in [3.05, 3.63) is 29.8 Å². The number of amides is 2. The van der Waals surface area contributed by atoms with Gasteiger partial charge in [-0.2, -0.15) is 0 Å². The Balaban J connectivity index is 1.43. The summed E-state index contributed by atoms with van der Waals surface area (Å²) in [5.41, 5.74) is 0.931. The molecule has 29 heavy (non-hydrogen) atoms. The molecule has 0 spiro atoms. The molecule has 6 heteroatoms. The van der Waals surface area contributed by atoms with Crippen molar-refractivity contribution in [2.24, 2.45) is 5.92 Å². The van der Waals surface area contributed by atoms with Crippen LogP contribution in [0.15, 0.2) is 24.3 Å². The Morgan fingerprint density at radius 1 is 1.00 bits per heavy atom. The Morgan fingerprint density at radius 3 is 2.55 bits per heavy atom. The minimum Gasteiger partial charge on any atom is -0.496 e. The van der Waals surface area contributed by atoms with Gasteiger partial charge in [-0.15, -0.1) is 0 Å². The van der Waals surface area contributed by atoms with Crippen molar-refractivity contribution >= 4 is 11.8 Å². The third-order valence-corrected chi connectivity index (χ3v) is 6.80. The lowest BCUT2D eigenvalue weighted by molar-refractivity contribution is -0.135. The maximum Gasteiger partial charge on any atom is 0.236 e. The van der Waals surface area contributed by atoms with Crippen LogP contribution in [-0.4, -0.2) is 78.9 Å². The molecular weight excluding hydrogens is 366 g/mol. The second kappa shape index (κ2) is 9.16. The summed E-state index contributed by atoms with van der Waals surface area (Å²) < 4.78 is 5.43. The molecule has 0 N–H and O–H groups in total. The van der Waals surface area contributed by atoms with E-state index in [0.29, 0.717) is 25.4 Å². The predicted octanol–water partition coefficient (Wildman–Crippen LogP) is 2.17. The van der Waals surface area contributed by atoms with Crippen LogP contribution in [0.2, 0.25) is 0 Å². The number of fused-ring (bicyclic) bond motifs is 1. The van der Waals surface area contributed by atoms with Gasteiger partial charge >= 0.3 is 0 Å². The number of nitrogens with zero attached hydrogens (tertiary/aromatic N) is 3. The van der Waals surface area contributed by atoms with E-state index in [0.717, 1.165) is 56.8 Å². The van der Waals surface area contributed by atoms with Crippen molar-refractivity contribution in [1.29, 1.82) is 0 Å². The Hall–Kier alpha value is -2.08. The highest BCUT2D eigenvalue weighted by Crippen LogP contribution is 2.31. The molecular formula is C23H33N3O3. The minimum atomic E-state index is 0.153. The molecule has 3 saturated heterocycles. The lowest BCUT2D eigenvalue weighted by Gasteiger charge is -2.30. The van der Waals surface area contributed by atoms with E-state index in [4.69, 9.17) is 4.74 Å². The van der Waals surface area contributed by atoms with E-state index >= 15 is 0 Å². The van der Waals surface area contributed by atoms with Gasteiger partial charge in [-0.3, -0.25) is 14.5 Å². The monoisotopic (exact) mass is 399 g/mol. The van der Waals surface area contributed by atoms with Crippen LogP contribution in [0.4, 0.5) is 0 Å². The van der Waals surface area contributed by atoms with E-state index in [1.165, 1.54) is 12.8 Å². The van der Waals surface area contributed by atoms with Crippen molar-refractivity contribution in [3.8, 4) is 5.75 Å². The van der Waals surface area contributed by atoms with Gasteiger partial charge in [0.15, 0.2) is 0 Å². The Labute approximate surface area is 173 Å². The van der Waals surface area contributed by atoms with Crippen LogP contribution < -0.4 is 4.74 Å². The number of hydrogen-bond donors (Lipinski definition) is 0. The van der Waals surface area contributed by atoms with E-state index in [9.17, 15) is 9.59 Å². The molecule has 0 unspecified atom stereocenters. The van der Waals surface area contributed by atoms with E-state index in [-0.39, 0.29) is 17.9 Å². The number of carbonyl (C=O) groups excluding carboxylic acids is 2. The molecule has 3 aliphatic heterocycles. The predicted molar refractivity (Wildman–Crippen MR) is 112 cm³/mol. The van der Waals surface area contributed by atoms with Gasteiger partial charge in [-0.1, -0.05) is 24.6 Å². The zero-order valence-corrected chi connectivity index (χ0v) is 17.5. The van der Waals surface area contributed by atoms with Crippen molar-refractivity contribution < 1.29 is 14.3 Å². The highest BCUT2D eigenvalue weighted by atomic mass is 16.5. The molecule has 0 bridgehead atoms. The molecule has 158 valence electrons. The van der Waals surface area contributed by atoms with Crippen LogP contribution in [-0.2, 0) is 16.0 Å². The molecule has 6 nitrogen and oxygen atoms in total. The van der Waals surface area contributed by atoms with Crippen LogP contribution in [0.3, 0.4) is 0 Å². The minimum absolute atomic E-state index is 0.153. The molecule has 3 heterocycles. The molecule has 0 aliphatic carbocycles. The molecule has 0 radical (unpaired) electrons. The van der Waals surface area contributed by atoms with E-state index in [2.05, 4.69) is 9.80 Å². The van der Waals surface area contributed by atoms with Crippen LogP contribution in [0.1, 0.15) is 37.7 Å². The summed E-state index contributed by atoms with van der Waals surface area (Å²) in [5, 5.41) is 0. The molecule has 4 rings (SSSR count). The van der Waals surface area contributed by atoms with Crippen LogP contribution in [0, 0.1) is 5.92 Å². The molecule has 0 aromatic heterocycles. The Kier molecular flexibility index (Phi) is 6.38. The maximum absolute atomic E-state index is 13.2. The Morgan fingerprint density at radius 2 is 1.76 bits per heavy atom. The number of hydrogen-bond acceptors (Lipinski definition) is 4. The fraction of sp³-hybridized carbons (Fsp3) is 0.652. The van der Waals surface area contributed by atoms with Crippen molar-refractivity contribution in [3.63, 3.8) is 0 Å². The lowest BCUT2D eigenvalue weighted by atomic mass is 9.98. The van der Waals surface area contributed by atoms with E-state index < -0.39 is 0 Å². The van der Waals surface area contributed by atoms with Crippen LogP contribution >= 0.6 is 0 Å². The zero-order chi connectivity index (χ0) is 20.2. The van der Waals surface area contributed by atoms with E-state index in [1.807, 2.05) is 29.2 Å². The Bertz CT molecular complexity index is 732. The van der Waals surface area contributed by atoms with Gasteiger partial charge < -0.3 is 14.5 Å². The van der Waals surface area contributed by atoms with Crippen LogP contribution in [0.5, 0.6) is 5.75 Å². The summed E-state index contributed by atoms with van der Waals surface area (Å²) in [6, 6.07) is 7.90. The maximum atomic E-state index is 13.2. The van der Waals surface area contributed by atoms with Gasteiger partial charge in [0.05, 0.1) is 26.1 Å². The summed E-state index contributed by atoms with van der Waals surface area (Å²) >= 11 is 0. The molecule has 2 amide bonds. The van der Waals surface area contributed by atoms with Crippen molar-refractivity contribution in [2.75, 3.05) is 46.4 Å². The molecule has 0 saturated carbocycles. The summed E-state index contributed by atoms with van der Waals surface area (Å²) in [5.74, 6) is 1.56. The van der Waals surface area contributed by atoms with Gasteiger partial charge in [-0.05, 0) is 50.8 Å². The normalized spacial score (nSPS) is 25.0. The number of likely N-dealkylation sites (tertiary alicyclic amines) is 3. The molecule has 3 aliphatic rings. The first kappa shape index (κ1) is 20.2. The standard InChI is InChI=1S/C23H33N3O3/c1-29-21-10-3-2-8-18(21)14-22(27)26-13-5-4-9-19-15-25(16-20(19)26)23(28)17-24-11-6-7-12-24/h2-3,8,10,19-20H,4-7,9,11-17H2,1H3/t19-,20+/m0/s1. The number of benzene rings is 1. The topological polar surface area (TPSA) is 53.1 Å². The third-order valence-electron chi connectivity index (χ3n) is 6.80. The second-order valence-corrected chi connectivity index (χ2v) is 8.68. The van der Waals surface area contributed by atoms with Crippen LogP contribution in [0.25, 0.3) is 0 Å². The first-order valence-electron chi connectivity index (χ1n) is 11.1. The molecule has 3 fully saturated rings. The fourth-order valence-corrected chi connectivity index (χ4v) is 5.20. The number of para-hydroxylation sites is 1. The van der Waals surface area contributed by atoms with Gasteiger partial charge in [-0.25, -0.2) is 0 Å². The first-order valence-corrected chi connectivity index (χ1v) is 11.1. The average Bonchev–Trinajstić information content (AvgIpc) is 3.34. The van der Waals surface area contributed by atoms with Gasteiger partial charge in [0.25, 0.3) is 0 Å². The number of ether oxygens (including phenoxy) is 1. The summed E-state index contributed by atoms with van der Waals surface area (Å²) in [4.78, 5) is 32.4. The van der Waals surface area contributed by atoms with Gasteiger partial charge in [0, 0.05) is 25.2 Å². The summed E-state index contributed by atoms with van der Waals surface area (Å²) in [6.45, 7) is 4.90. The quantitative estimate of drug-likeness (QED) is 0.762. The fourth-order valence-electron chi connectivity index (χ4n) is 5.20. The number of methoxy groups -OCH3 is 1. The summed E-state index contributed by atoms with van der Waals surface area (Å²) in [7, 11) is 1.64. The van der Waals surface area contributed by atoms with Gasteiger partial charge in [0.1, 0.15) is 5.75 Å². The first-order chi connectivity index (χ1) is 14.2. The largest absolute Gasteiger partial charge is 0.496 e. The highest BCUT2D eigenvalue weighted by Gasteiger charge is 2.41. The zero-order valence-electron chi connectivity index (χ0n) is 17.5. The smallest absolute Gasteiger partial charge is 0.236 e. The highest BCUT2D eigenvalue weighted by molar-refractivity contribution is 5.81. The number of rotatable bonds is 5. The average molecular weight is 400 g/mol. The van der Waals surface area contributed by atoms with Crippen molar-refractivity contribution in [1.82, 2.24) is 14.7 Å². The summed E-state index contributed by atoms with van der Waals surface area (Å²) in [6.07, 6.45) is 6.04. The van der Waals surface area contributed by atoms with Gasteiger partial charge in [0.2, 0.25) is 11.8 Å². The molecule has 2 atom stereocenters. The molecule has 1 aromatic carbocycles. The van der Waals surface area contributed by atoms with Crippen molar-refractivity contribution in [2.45, 2.75) is 44.6 Å². The molecule has 1 aromatic rings. The SMILES string of the molecule is COc1ccccc1CC(=O)N1CCCC[C@H]2CN(C(=O)CN3CCCC3)C[C@H]21.